The van der Waals surface area contributed by atoms with E-state index in [1.54, 1.807) is 55.5 Å². The first-order valence-electron chi connectivity index (χ1n) is 10.7. The lowest BCUT2D eigenvalue weighted by molar-refractivity contribution is -0.0648. The van der Waals surface area contributed by atoms with Crippen molar-refractivity contribution >= 4 is 11.9 Å². The molecule has 0 aliphatic carbocycles. The van der Waals surface area contributed by atoms with Crippen molar-refractivity contribution in [2.24, 2.45) is 0 Å². The summed E-state index contributed by atoms with van der Waals surface area (Å²) >= 11 is 0. The van der Waals surface area contributed by atoms with Crippen LogP contribution < -0.4 is 5.69 Å². The van der Waals surface area contributed by atoms with Gasteiger partial charge < -0.3 is 14.2 Å². The maximum Gasteiger partial charge on any atom is 0.349 e. The summed E-state index contributed by atoms with van der Waals surface area (Å²) in [6, 6.07) is 17.9. The molecule has 4 rings (SSSR count). The van der Waals surface area contributed by atoms with Crippen LogP contribution in [-0.2, 0) is 14.2 Å². The predicted molar refractivity (Wildman–Crippen MR) is 119 cm³/mol. The standard InChI is InChI=1S/C25H23FN2O6/c1-16-13-14-28(24(31)27-16)23-25(2,26)20(34-22(30)18-11-7-4-8-12-18)19(33-23)15-32-21(29)17-9-5-3-6-10-17/h3-14,19-20,23H,15H2,1-2H3. The fourth-order valence-electron chi connectivity index (χ4n) is 3.78. The third-order valence-corrected chi connectivity index (χ3v) is 5.53. The molecule has 0 spiro atoms. The molecule has 4 unspecified atom stereocenters. The van der Waals surface area contributed by atoms with Crippen molar-refractivity contribution in [3.05, 3.63) is 100 Å². The molecule has 0 N–H and O–H groups in total. The fourth-order valence-corrected chi connectivity index (χ4v) is 3.78. The number of hydrogen-bond acceptors (Lipinski definition) is 7. The Morgan fingerprint density at radius 1 is 1.03 bits per heavy atom. The third kappa shape index (κ3) is 4.74. The topological polar surface area (TPSA) is 96.7 Å². The molecule has 176 valence electrons. The van der Waals surface area contributed by atoms with Crippen LogP contribution in [0.5, 0.6) is 0 Å². The Labute approximate surface area is 194 Å². The Morgan fingerprint density at radius 3 is 2.21 bits per heavy atom. The number of ether oxygens (including phenoxy) is 3. The van der Waals surface area contributed by atoms with Crippen molar-refractivity contribution in [1.82, 2.24) is 9.55 Å². The molecule has 1 fully saturated rings. The van der Waals surface area contributed by atoms with Gasteiger partial charge in [-0.1, -0.05) is 36.4 Å². The largest absolute Gasteiger partial charge is 0.459 e. The number of hydrogen-bond donors (Lipinski definition) is 0. The van der Waals surface area contributed by atoms with E-state index < -0.39 is 48.3 Å². The fraction of sp³-hybridized carbons (Fsp3) is 0.280. The lowest BCUT2D eigenvalue weighted by atomic mass is 9.98. The second-order valence-electron chi connectivity index (χ2n) is 8.09. The molecule has 34 heavy (non-hydrogen) atoms. The molecule has 0 radical (unpaired) electrons. The smallest absolute Gasteiger partial charge is 0.349 e. The zero-order valence-electron chi connectivity index (χ0n) is 18.6. The summed E-state index contributed by atoms with van der Waals surface area (Å²) in [6.45, 7) is 2.41. The summed E-state index contributed by atoms with van der Waals surface area (Å²) < 4.78 is 33.8. The second kappa shape index (κ2) is 9.56. The summed E-state index contributed by atoms with van der Waals surface area (Å²) in [6.07, 6.45) is -2.74. The molecule has 1 aliphatic heterocycles. The Kier molecular flexibility index (Phi) is 6.56. The zero-order valence-corrected chi connectivity index (χ0v) is 18.6. The van der Waals surface area contributed by atoms with Gasteiger partial charge in [0, 0.05) is 11.9 Å². The monoisotopic (exact) mass is 466 g/mol. The van der Waals surface area contributed by atoms with Gasteiger partial charge in [-0.05, 0) is 44.2 Å². The van der Waals surface area contributed by atoms with Gasteiger partial charge in [0.2, 0.25) is 0 Å². The normalized spacial score (nSPS) is 23.9. The molecule has 9 heteroatoms. The van der Waals surface area contributed by atoms with E-state index in [9.17, 15) is 14.4 Å². The zero-order chi connectivity index (χ0) is 24.3. The quantitative estimate of drug-likeness (QED) is 0.515. The number of esters is 2. The van der Waals surface area contributed by atoms with Crippen LogP contribution in [0, 0.1) is 6.92 Å². The molecule has 0 bridgehead atoms. The average Bonchev–Trinajstić information content (AvgIpc) is 3.08. The van der Waals surface area contributed by atoms with Crippen LogP contribution in [-0.4, -0.2) is 46.0 Å². The molecular formula is C25H23FN2O6. The number of rotatable bonds is 6. The number of aromatic nitrogens is 2. The van der Waals surface area contributed by atoms with Gasteiger partial charge >= 0.3 is 17.6 Å². The Hall–Kier alpha value is -3.85. The number of halogens is 1. The van der Waals surface area contributed by atoms with E-state index in [-0.39, 0.29) is 5.56 Å². The van der Waals surface area contributed by atoms with Gasteiger partial charge in [0.05, 0.1) is 11.1 Å². The molecular weight excluding hydrogens is 443 g/mol. The van der Waals surface area contributed by atoms with E-state index in [1.165, 1.54) is 31.3 Å². The average molecular weight is 466 g/mol. The lowest BCUT2D eigenvalue weighted by Gasteiger charge is -2.27. The molecule has 3 aromatic rings. The number of benzene rings is 2. The summed E-state index contributed by atoms with van der Waals surface area (Å²) in [5, 5.41) is 0. The summed E-state index contributed by atoms with van der Waals surface area (Å²) in [4.78, 5) is 41.4. The minimum Gasteiger partial charge on any atom is -0.459 e. The molecule has 2 aromatic carbocycles. The van der Waals surface area contributed by atoms with Crippen molar-refractivity contribution in [1.29, 1.82) is 0 Å². The Bertz CT molecular complexity index is 1230. The first-order valence-corrected chi connectivity index (χ1v) is 10.7. The van der Waals surface area contributed by atoms with E-state index in [0.717, 1.165) is 4.57 Å². The predicted octanol–water partition coefficient (Wildman–Crippen LogP) is 3.26. The molecule has 1 aromatic heterocycles. The number of aryl methyl sites for hydroxylation is 1. The highest BCUT2D eigenvalue weighted by Gasteiger charge is 2.58. The van der Waals surface area contributed by atoms with Gasteiger partial charge in [-0.25, -0.2) is 18.8 Å². The Balaban J connectivity index is 1.61. The van der Waals surface area contributed by atoms with Gasteiger partial charge in [-0.2, -0.15) is 4.98 Å². The van der Waals surface area contributed by atoms with E-state index in [1.807, 2.05) is 0 Å². The lowest BCUT2D eigenvalue weighted by Crippen LogP contribution is -2.45. The molecule has 2 heterocycles. The van der Waals surface area contributed by atoms with Crippen molar-refractivity contribution in [3.8, 4) is 0 Å². The van der Waals surface area contributed by atoms with Crippen molar-refractivity contribution < 1.29 is 28.2 Å². The van der Waals surface area contributed by atoms with Gasteiger partial charge in [0.1, 0.15) is 12.7 Å². The van der Waals surface area contributed by atoms with Gasteiger partial charge in [0.25, 0.3) is 0 Å². The van der Waals surface area contributed by atoms with Crippen LogP contribution in [0.25, 0.3) is 0 Å². The molecule has 1 saturated heterocycles. The summed E-state index contributed by atoms with van der Waals surface area (Å²) in [5.41, 5.74) is -2.08. The molecule has 8 nitrogen and oxygen atoms in total. The highest BCUT2D eigenvalue weighted by molar-refractivity contribution is 5.90. The molecule has 0 amide bonds. The van der Waals surface area contributed by atoms with Crippen LogP contribution in [0.3, 0.4) is 0 Å². The Morgan fingerprint density at radius 2 is 1.62 bits per heavy atom. The molecule has 1 aliphatic rings. The SMILES string of the molecule is Cc1ccn(C2OC(COC(=O)c3ccccc3)C(OC(=O)c3ccccc3)C2(C)F)c(=O)n1. The minimum absolute atomic E-state index is 0.218. The van der Waals surface area contributed by atoms with E-state index in [2.05, 4.69) is 4.98 Å². The number of alkyl halides is 1. The van der Waals surface area contributed by atoms with E-state index in [0.29, 0.717) is 11.3 Å². The second-order valence-corrected chi connectivity index (χ2v) is 8.09. The minimum atomic E-state index is -2.34. The van der Waals surface area contributed by atoms with Crippen LogP contribution in [0.1, 0.15) is 39.6 Å². The first kappa shape index (κ1) is 23.3. The number of carbonyl (C=O) groups excluding carboxylic acids is 2. The summed E-state index contributed by atoms with van der Waals surface area (Å²) in [7, 11) is 0. The molecule has 0 saturated carbocycles. The van der Waals surface area contributed by atoms with Gasteiger partial charge in [0.15, 0.2) is 18.0 Å². The van der Waals surface area contributed by atoms with Crippen molar-refractivity contribution in [3.63, 3.8) is 0 Å². The maximum absolute atomic E-state index is 16.1. The third-order valence-electron chi connectivity index (χ3n) is 5.53. The number of carbonyl (C=O) groups is 2. The van der Waals surface area contributed by atoms with Crippen LogP contribution in [0.4, 0.5) is 4.39 Å². The van der Waals surface area contributed by atoms with Gasteiger partial charge in [-0.3, -0.25) is 4.57 Å². The van der Waals surface area contributed by atoms with Crippen LogP contribution in [0.15, 0.2) is 77.7 Å². The van der Waals surface area contributed by atoms with E-state index >= 15 is 4.39 Å². The van der Waals surface area contributed by atoms with Crippen LogP contribution >= 0.6 is 0 Å². The maximum atomic E-state index is 16.1. The number of nitrogens with zero attached hydrogens (tertiary/aromatic N) is 2. The highest BCUT2D eigenvalue weighted by Crippen LogP contribution is 2.43. The van der Waals surface area contributed by atoms with Crippen molar-refractivity contribution in [2.45, 2.75) is 38.0 Å². The first-order chi connectivity index (χ1) is 16.3. The van der Waals surface area contributed by atoms with Gasteiger partial charge in [-0.15, -0.1) is 0 Å². The molecule has 4 atom stereocenters. The highest BCUT2D eigenvalue weighted by atomic mass is 19.1. The van der Waals surface area contributed by atoms with Crippen molar-refractivity contribution in [2.75, 3.05) is 6.61 Å². The summed E-state index contributed by atoms with van der Waals surface area (Å²) in [5.74, 6) is -1.41. The van der Waals surface area contributed by atoms with Crippen LogP contribution in [0.2, 0.25) is 0 Å². The van der Waals surface area contributed by atoms with E-state index in [4.69, 9.17) is 14.2 Å².